The van der Waals surface area contributed by atoms with Gasteiger partial charge in [0.2, 0.25) is 0 Å². The number of nitrogens with zero attached hydrogens (tertiary/aromatic N) is 1. The third-order valence-electron chi connectivity index (χ3n) is 2.57. The van der Waals surface area contributed by atoms with Gasteiger partial charge < -0.3 is 9.47 Å². The standard InChI is InChI=1S/C13H11NO5S/c1-18-9-5-3-8(4-6-9)14-12(16)10(20-13(14)17)7-11(15)19-2/h3-7H,1-2H3. The second-order valence-corrected chi connectivity index (χ2v) is 4.73. The number of rotatable bonds is 3. The Balaban J connectivity index is 2.28. The largest absolute Gasteiger partial charge is 0.497 e. The summed E-state index contributed by atoms with van der Waals surface area (Å²) in [6.07, 6.45) is 1.01. The highest BCUT2D eigenvalue weighted by Gasteiger charge is 2.36. The van der Waals surface area contributed by atoms with Gasteiger partial charge in [-0.05, 0) is 36.0 Å². The van der Waals surface area contributed by atoms with Gasteiger partial charge in [-0.2, -0.15) is 0 Å². The maximum atomic E-state index is 12.1. The van der Waals surface area contributed by atoms with Crippen LogP contribution in [0.25, 0.3) is 0 Å². The molecule has 20 heavy (non-hydrogen) atoms. The number of hydrogen-bond acceptors (Lipinski definition) is 6. The van der Waals surface area contributed by atoms with Crippen LogP contribution in [-0.4, -0.2) is 31.3 Å². The highest BCUT2D eigenvalue weighted by atomic mass is 32.2. The summed E-state index contributed by atoms with van der Waals surface area (Å²) in [6, 6.07) is 6.47. The van der Waals surface area contributed by atoms with E-state index in [1.807, 2.05) is 0 Å². The highest BCUT2D eigenvalue weighted by Crippen LogP contribution is 2.34. The molecule has 6 nitrogen and oxygen atoms in total. The van der Waals surface area contributed by atoms with E-state index in [9.17, 15) is 14.4 Å². The Morgan fingerprint density at radius 2 is 1.85 bits per heavy atom. The van der Waals surface area contributed by atoms with Crippen LogP contribution in [0.1, 0.15) is 0 Å². The number of ether oxygens (including phenoxy) is 2. The van der Waals surface area contributed by atoms with Gasteiger partial charge in [0.25, 0.3) is 11.1 Å². The fourth-order valence-corrected chi connectivity index (χ4v) is 2.39. The number of methoxy groups -OCH3 is 2. The van der Waals surface area contributed by atoms with Crippen molar-refractivity contribution in [2.75, 3.05) is 19.1 Å². The fourth-order valence-electron chi connectivity index (χ4n) is 1.59. The van der Waals surface area contributed by atoms with Crippen LogP contribution in [0.5, 0.6) is 5.75 Å². The molecule has 0 unspecified atom stereocenters. The molecule has 7 heteroatoms. The molecule has 1 aromatic carbocycles. The van der Waals surface area contributed by atoms with Crippen molar-refractivity contribution in [3.63, 3.8) is 0 Å². The lowest BCUT2D eigenvalue weighted by atomic mass is 10.2. The predicted octanol–water partition coefficient (Wildman–Crippen LogP) is 1.95. The molecule has 2 rings (SSSR count). The minimum atomic E-state index is -0.676. The molecule has 0 bridgehead atoms. The van der Waals surface area contributed by atoms with E-state index < -0.39 is 17.1 Å². The van der Waals surface area contributed by atoms with Crippen molar-refractivity contribution in [2.45, 2.75) is 0 Å². The molecule has 0 aromatic heterocycles. The van der Waals surface area contributed by atoms with Crippen LogP contribution in [0.4, 0.5) is 10.5 Å². The molecule has 0 aliphatic carbocycles. The monoisotopic (exact) mass is 293 g/mol. The first-order valence-electron chi connectivity index (χ1n) is 5.56. The first-order chi connectivity index (χ1) is 9.56. The second-order valence-electron chi connectivity index (χ2n) is 3.74. The molecule has 1 saturated heterocycles. The van der Waals surface area contributed by atoms with Crippen LogP contribution in [-0.2, 0) is 14.3 Å². The number of carbonyl (C=O) groups excluding carboxylic acids is 3. The SMILES string of the molecule is COC(=O)C=C1SC(=O)N(c2ccc(OC)cc2)C1=O. The van der Waals surface area contributed by atoms with Gasteiger partial charge in [-0.25, -0.2) is 9.69 Å². The van der Waals surface area contributed by atoms with Gasteiger partial charge in [0.15, 0.2) is 0 Å². The summed E-state index contributed by atoms with van der Waals surface area (Å²) in [4.78, 5) is 36.1. The van der Waals surface area contributed by atoms with E-state index in [0.29, 0.717) is 23.2 Å². The first-order valence-corrected chi connectivity index (χ1v) is 6.38. The average Bonchev–Trinajstić information content (AvgIpc) is 2.73. The molecule has 0 saturated carbocycles. The number of carbonyl (C=O) groups is 3. The Hall–Kier alpha value is -2.28. The van der Waals surface area contributed by atoms with E-state index in [-0.39, 0.29) is 4.91 Å². The van der Waals surface area contributed by atoms with Gasteiger partial charge in [-0.1, -0.05) is 0 Å². The summed E-state index contributed by atoms with van der Waals surface area (Å²) in [6.45, 7) is 0. The molecule has 0 atom stereocenters. The van der Waals surface area contributed by atoms with Crippen molar-refractivity contribution in [3.8, 4) is 5.75 Å². The van der Waals surface area contributed by atoms with Crippen molar-refractivity contribution < 1.29 is 23.9 Å². The van der Waals surface area contributed by atoms with E-state index in [4.69, 9.17) is 4.74 Å². The quantitative estimate of drug-likeness (QED) is 0.626. The van der Waals surface area contributed by atoms with Crippen LogP contribution in [0, 0.1) is 0 Å². The van der Waals surface area contributed by atoms with Crippen LogP contribution in [0.3, 0.4) is 0 Å². The topological polar surface area (TPSA) is 72.9 Å². The zero-order chi connectivity index (χ0) is 14.7. The minimum Gasteiger partial charge on any atom is -0.497 e. The van der Waals surface area contributed by atoms with Crippen LogP contribution in [0.2, 0.25) is 0 Å². The summed E-state index contributed by atoms with van der Waals surface area (Å²) >= 11 is 0.697. The molecule has 0 spiro atoms. The van der Waals surface area contributed by atoms with Gasteiger partial charge >= 0.3 is 5.97 Å². The van der Waals surface area contributed by atoms with Crippen molar-refractivity contribution >= 4 is 34.6 Å². The highest BCUT2D eigenvalue weighted by molar-refractivity contribution is 8.18. The van der Waals surface area contributed by atoms with E-state index in [0.717, 1.165) is 11.0 Å². The van der Waals surface area contributed by atoms with E-state index in [1.165, 1.54) is 14.2 Å². The number of amides is 2. The second kappa shape index (κ2) is 5.79. The first kappa shape index (κ1) is 14.1. The average molecular weight is 293 g/mol. The molecule has 2 amide bonds. The molecular weight excluding hydrogens is 282 g/mol. The van der Waals surface area contributed by atoms with Gasteiger partial charge in [0.1, 0.15) is 5.75 Å². The maximum absolute atomic E-state index is 12.1. The summed E-state index contributed by atoms with van der Waals surface area (Å²) < 4.78 is 9.45. The fraction of sp³-hybridized carbons (Fsp3) is 0.154. The maximum Gasteiger partial charge on any atom is 0.331 e. The lowest BCUT2D eigenvalue weighted by Crippen LogP contribution is -2.27. The van der Waals surface area contributed by atoms with E-state index in [1.54, 1.807) is 24.3 Å². The van der Waals surface area contributed by atoms with Gasteiger partial charge in [-0.15, -0.1) is 0 Å². The zero-order valence-corrected chi connectivity index (χ0v) is 11.6. The van der Waals surface area contributed by atoms with Gasteiger partial charge in [0, 0.05) is 6.08 Å². The summed E-state index contributed by atoms with van der Waals surface area (Å²) in [5.41, 5.74) is 0.418. The molecular formula is C13H11NO5S. The van der Waals surface area contributed by atoms with Crippen molar-refractivity contribution in [1.29, 1.82) is 0 Å². The third kappa shape index (κ3) is 2.67. The number of anilines is 1. The molecule has 1 aromatic rings. The van der Waals surface area contributed by atoms with E-state index in [2.05, 4.69) is 4.74 Å². The van der Waals surface area contributed by atoms with Crippen LogP contribution in [0.15, 0.2) is 35.2 Å². The lowest BCUT2D eigenvalue weighted by Gasteiger charge is -2.12. The Bertz CT molecular complexity index is 593. The third-order valence-corrected chi connectivity index (χ3v) is 3.44. The van der Waals surface area contributed by atoms with E-state index >= 15 is 0 Å². The summed E-state index contributed by atoms with van der Waals surface area (Å²) in [5, 5.41) is -0.463. The number of thioether (sulfide) groups is 1. The number of imide groups is 1. The van der Waals surface area contributed by atoms with Gasteiger partial charge in [-0.3, -0.25) is 9.59 Å². The molecule has 1 aliphatic rings. The molecule has 1 fully saturated rings. The number of benzene rings is 1. The van der Waals surface area contributed by atoms with Crippen molar-refractivity contribution in [2.24, 2.45) is 0 Å². The molecule has 1 aliphatic heterocycles. The van der Waals surface area contributed by atoms with Crippen molar-refractivity contribution in [1.82, 2.24) is 0 Å². The number of esters is 1. The smallest absolute Gasteiger partial charge is 0.331 e. The van der Waals surface area contributed by atoms with Gasteiger partial charge in [0.05, 0.1) is 24.8 Å². The Kier molecular flexibility index (Phi) is 4.09. The predicted molar refractivity (Wildman–Crippen MR) is 73.6 cm³/mol. The molecule has 0 radical (unpaired) electrons. The van der Waals surface area contributed by atoms with Crippen LogP contribution < -0.4 is 9.64 Å². The lowest BCUT2D eigenvalue weighted by molar-refractivity contribution is -0.135. The summed E-state index contributed by atoms with van der Waals surface area (Å²) in [7, 11) is 2.72. The van der Waals surface area contributed by atoms with Crippen LogP contribution >= 0.6 is 11.8 Å². The Labute approximate surface area is 119 Å². The Morgan fingerprint density at radius 3 is 2.40 bits per heavy atom. The Morgan fingerprint density at radius 1 is 1.20 bits per heavy atom. The summed E-state index contributed by atoms with van der Waals surface area (Å²) in [5.74, 6) is -0.605. The molecule has 1 heterocycles. The molecule has 0 N–H and O–H groups in total. The normalized spacial score (nSPS) is 16.7. The number of hydrogen-bond donors (Lipinski definition) is 0. The molecule has 104 valence electrons. The minimum absolute atomic E-state index is 0.0395. The van der Waals surface area contributed by atoms with Crippen molar-refractivity contribution in [3.05, 3.63) is 35.2 Å². The zero-order valence-electron chi connectivity index (χ0n) is 10.8.